The molecule has 1 aliphatic heterocycles. The Morgan fingerprint density at radius 3 is 2.53 bits per heavy atom. The summed E-state index contributed by atoms with van der Waals surface area (Å²) in [7, 11) is 0. The Morgan fingerprint density at radius 2 is 2.05 bits per heavy atom. The van der Waals surface area contributed by atoms with Crippen molar-refractivity contribution in [2.75, 3.05) is 12.8 Å². The maximum atomic E-state index is 11.9. The van der Waals surface area contributed by atoms with Crippen LogP contribution in [0, 0.1) is 5.92 Å². The Bertz CT molecular complexity index is 486. The molecule has 1 aromatic carbocycles. The van der Waals surface area contributed by atoms with E-state index in [0.29, 0.717) is 6.54 Å². The van der Waals surface area contributed by atoms with E-state index in [2.05, 4.69) is 0 Å². The molecular weight excluding hydrogens is 262 g/mol. The third-order valence-corrected chi connectivity index (χ3v) is 4.29. The lowest BCUT2D eigenvalue weighted by Crippen LogP contribution is -2.30. The van der Waals surface area contributed by atoms with Gasteiger partial charge in [0.25, 0.3) is 0 Å². The minimum atomic E-state index is -0.900. The number of hydrogen-bond donors (Lipinski definition) is 1. The van der Waals surface area contributed by atoms with Crippen LogP contribution >= 0.6 is 11.8 Å². The fourth-order valence-corrected chi connectivity index (χ4v) is 3.01. The molecule has 1 aromatic rings. The lowest BCUT2D eigenvalue weighted by Gasteiger charge is -2.26. The standard InChI is InChI=1S/C14H17NO3S/c1-3-15-12(16)8-11(14(17)18)13(15)9-4-6-10(19-2)7-5-9/h4-7,11,13H,3,8H2,1-2H3,(H,17,18). The molecule has 2 unspecified atom stereocenters. The lowest BCUT2D eigenvalue weighted by molar-refractivity contribution is -0.142. The van der Waals surface area contributed by atoms with Crippen molar-refractivity contribution in [1.29, 1.82) is 0 Å². The molecule has 1 fully saturated rings. The monoisotopic (exact) mass is 279 g/mol. The number of amides is 1. The summed E-state index contributed by atoms with van der Waals surface area (Å²) < 4.78 is 0. The van der Waals surface area contributed by atoms with Gasteiger partial charge in [-0.25, -0.2) is 0 Å². The molecule has 102 valence electrons. The Kier molecular flexibility index (Phi) is 4.14. The summed E-state index contributed by atoms with van der Waals surface area (Å²) in [6.45, 7) is 2.42. The second kappa shape index (κ2) is 5.65. The molecule has 19 heavy (non-hydrogen) atoms. The fraction of sp³-hybridized carbons (Fsp3) is 0.429. The Balaban J connectivity index is 2.36. The van der Waals surface area contributed by atoms with E-state index >= 15 is 0 Å². The molecule has 0 radical (unpaired) electrons. The average molecular weight is 279 g/mol. The van der Waals surface area contributed by atoms with Crippen molar-refractivity contribution >= 4 is 23.6 Å². The van der Waals surface area contributed by atoms with Gasteiger partial charge < -0.3 is 10.0 Å². The lowest BCUT2D eigenvalue weighted by atomic mass is 9.94. The summed E-state index contributed by atoms with van der Waals surface area (Å²) >= 11 is 1.64. The van der Waals surface area contributed by atoms with Gasteiger partial charge >= 0.3 is 5.97 Å². The van der Waals surface area contributed by atoms with Crippen molar-refractivity contribution in [3.05, 3.63) is 29.8 Å². The van der Waals surface area contributed by atoms with Gasteiger partial charge in [-0.3, -0.25) is 9.59 Å². The first kappa shape index (κ1) is 13.9. The van der Waals surface area contributed by atoms with Crippen LogP contribution in [0.25, 0.3) is 0 Å². The van der Waals surface area contributed by atoms with Crippen molar-refractivity contribution in [2.24, 2.45) is 5.92 Å². The predicted molar refractivity (Wildman–Crippen MR) is 74.1 cm³/mol. The Labute approximate surface area is 116 Å². The number of carboxylic acids is 1. The van der Waals surface area contributed by atoms with Crippen LogP contribution in [0.3, 0.4) is 0 Å². The van der Waals surface area contributed by atoms with Crippen LogP contribution in [0.1, 0.15) is 24.9 Å². The van der Waals surface area contributed by atoms with E-state index in [0.717, 1.165) is 10.5 Å². The van der Waals surface area contributed by atoms with E-state index in [1.165, 1.54) is 0 Å². The van der Waals surface area contributed by atoms with Crippen molar-refractivity contribution in [2.45, 2.75) is 24.3 Å². The molecule has 1 heterocycles. The summed E-state index contributed by atoms with van der Waals surface area (Å²) in [5, 5.41) is 9.29. The molecule has 0 saturated carbocycles. The first-order valence-corrected chi connectivity index (χ1v) is 7.47. The molecule has 4 nitrogen and oxygen atoms in total. The van der Waals surface area contributed by atoms with E-state index in [1.54, 1.807) is 16.7 Å². The third kappa shape index (κ3) is 2.61. The van der Waals surface area contributed by atoms with Gasteiger partial charge in [-0.2, -0.15) is 0 Å². The van der Waals surface area contributed by atoms with E-state index < -0.39 is 11.9 Å². The van der Waals surface area contributed by atoms with Gasteiger partial charge in [0.1, 0.15) is 0 Å². The van der Waals surface area contributed by atoms with Gasteiger partial charge in [0.05, 0.1) is 12.0 Å². The number of carboxylic acid groups (broad SMARTS) is 1. The van der Waals surface area contributed by atoms with Crippen LogP contribution in [-0.2, 0) is 9.59 Å². The molecule has 0 aliphatic carbocycles. The molecule has 1 N–H and O–H groups in total. The highest BCUT2D eigenvalue weighted by Crippen LogP contribution is 2.38. The van der Waals surface area contributed by atoms with E-state index in [9.17, 15) is 14.7 Å². The molecule has 1 aliphatic rings. The Hall–Kier alpha value is -1.49. The van der Waals surface area contributed by atoms with Gasteiger partial charge in [0.2, 0.25) is 5.91 Å². The number of carbonyl (C=O) groups is 2. The van der Waals surface area contributed by atoms with Gasteiger partial charge in [-0.1, -0.05) is 12.1 Å². The molecule has 5 heteroatoms. The molecule has 1 amide bonds. The Morgan fingerprint density at radius 1 is 1.42 bits per heavy atom. The number of benzene rings is 1. The topological polar surface area (TPSA) is 57.6 Å². The quantitative estimate of drug-likeness (QED) is 0.860. The fourth-order valence-electron chi connectivity index (χ4n) is 2.60. The highest BCUT2D eigenvalue weighted by Gasteiger charge is 2.43. The first-order valence-electron chi connectivity index (χ1n) is 6.24. The maximum absolute atomic E-state index is 11.9. The number of likely N-dealkylation sites (tertiary alicyclic amines) is 1. The summed E-state index contributed by atoms with van der Waals surface area (Å²) in [4.78, 5) is 26.0. The van der Waals surface area contributed by atoms with E-state index in [1.807, 2.05) is 37.4 Å². The number of nitrogens with zero attached hydrogens (tertiary/aromatic N) is 1. The van der Waals surface area contributed by atoms with Crippen LogP contribution in [0.5, 0.6) is 0 Å². The zero-order chi connectivity index (χ0) is 14.0. The number of rotatable bonds is 4. The van der Waals surface area contributed by atoms with Crippen molar-refractivity contribution in [3.63, 3.8) is 0 Å². The van der Waals surface area contributed by atoms with Crippen molar-refractivity contribution < 1.29 is 14.7 Å². The minimum Gasteiger partial charge on any atom is -0.481 e. The number of hydrogen-bond acceptors (Lipinski definition) is 3. The van der Waals surface area contributed by atoms with Crippen LogP contribution in [0.4, 0.5) is 0 Å². The third-order valence-electron chi connectivity index (χ3n) is 3.55. The van der Waals surface area contributed by atoms with Gasteiger partial charge in [-0.05, 0) is 30.9 Å². The smallest absolute Gasteiger partial charge is 0.309 e. The molecule has 2 atom stereocenters. The van der Waals surface area contributed by atoms with E-state index in [4.69, 9.17) is 0 Å². The summed E-state index contributed by atoms with van der Waals surface area (Å²) in [5.41, 5.74) is 0.901. The molecule has 2 rings (SSSR count). The second-order valence-corrected chi connectivity index (χ2v) is 5.43. The highest BCUT2D eigenvalue weighted by molar-refractivity contribution is 7.98. The average Bonchev–Trinajstić information content (AvgIpc) is 2.76. The molecule has 0 spiro atoms. The molecule has 1 saturated heterocycles. The summed E-state index contributed by atoms with van der Waals surface area (Å²) in [6, 6.07) is 7.44. The summed E-state index contributed by atoms with van der Waals surface area (Å²) in [5.74, 6) is -1.62. The molecular formula is C14H17NO3S. The zero-order valence-corrected chi connectivity index (χ0v) is 11.8. The number of thioether (sulfide) groups is 1. The highest BCUT2D eigenvalue weighted by atomic mass is 32.2. The normalized spacial score (nSPS) is 22.8. The minimum absolute atomic E-state index is 0.0751. The maximum Gasteiger partial charge on any atom is 0.309 e. The van der Waals surface area contributed by atoms with Crippen molar-refractivity contribution in [1.82, 2.24) is 4.90 Å². The number of aliphatic carboxylic acids is 1. The molecule has 0 bridgehead atoms. The predicted octanol–water partition coefficient (Wildman–Crippen LogP) is 2.40. The van der Waals surface area contributed by atoms with Crippen LogP contribution in [0.2, 0.25) is 0 Å². The summed E-state index contributed by atoms with van der Waals surface area (Å²) in [6.07, 6.45) is 2.09. The van der Waals surface area contributed by atoms with Crippen molar-refractivity contribution in [3.8, 4) is 0 Å². The van der Waals surface area contributed by atoms with Gasteiger partial charge in [-0.15, -0.1) is 11.8 Å². The second-order valence-electron chi connectivity index (χ2n) is 4.55. The number of carbonyl (C=O) groups excluding carboxylic acids is 1. The van der Waals surface area contributed by atoms with Crippen LogP contribution in [0.15, 0.2) is 29.2 Å². The largest absolute Gasteiger partial charge is 0.481 e. The SMILES string of the molecule is CCN1C(=O)CC(C(=O)O)C1c1ccc(SC)cc1. The zero-order valence-electron chi connectivity index (χ0n) is 11.0. The first-order chi connectivity index (χ1) is 9.08. The van der Waals surface area contributed by atoms with Crippen LogP contribution < -0.4 is 0 Å². The molecule has 0 aromatic heterocycles. The van der Waals surface area contributed by atoms with Gasteiger partial charge in [0.15, 0.2) is 0 Å². The van der Waals surface area contributed by atoms with Gasteiger partial charge in [0, 0.05) is 17.9 Å². The van der Waals surface area contributed by atoms with E-state index in [-0.39, 0.29) is 18.4 Å². The van der Waals surface area contributed by atoms with Crippen LogP contribution in [-0.4, -0.2) is 34.7 Å².